The number of hydrogen-bond acceptors (Lipinski definition) is 3. The quantitative estimate of drug-likeness (QED) is 0.0381. The molecular weight excluding hydrogens is 542 g/mol. The summed E-state index contributed by atoms with van der Waals surface area (Å²) in [6, 6.07) is 0. The highest BCUT2D eigenvalue weighted by atomic mass is 16.2. The molecule has 5 nitrogen and oxygen atoms in total. The van der Waals surface area contributed by atoms with E-state index in [0.717, 1.165) is 25.7 Å². The summed E-state index contributed by atoms with van der Waals surface area (Å²) in [6.07, 6.45) is 43.1. The van der Waals surface area contributed by atoms with Gasteiger partial charge in [-0.1, -0.05) is 141 Å². The van der Waals surface area contributed by atoms with E-state index in [2.05, 4.69) is 48.8 Å². The molecule has 0 fully saturated rings. The summed E-state index contributed by atoms with van der Waals surface area (Å²) in [6.45, 7) is 4.97. The van der Waals surface area contributed by atoms with Crippen LogP contribution in [0.15, 0.2) is 24.3 Å². The molecule has 0 aromatic rings. The van der Waals surface area contributed by atoms with Crippen molar-refractivity contribution in [2.24, 2.45) is 5.73 Å². The predicted octanol–water partition coefficient (Wildman–Crippen LogP) is 11.0. The molecule has 0 spiro atoms. The first-order chi connectivity index (χ1) is 21.6. The van der Waals surface area contributed by atoms with Crippen molar-refractivity contribution in [2.45, 2.75) is 206 Å². The van der Waals surface area contributed by atoms with Gasteiger partial charge in [-0.3, -0.25) is 9.59 Å². The molecule has 0 radical (unpaired) electrons. The zero-order valence-electron chi connectivity index (χ0n) is 29.5. The Labute approximate surface area is 274 Å². The van der Waals surface area contributed by atoms with Crippen LogP contribution in [0.5, 0.6) is 0 Å². The Hall–Kier alpha value is -1.62. The van der Waals surface area contributed by atoms with E-state index in [-0.39, 0.29) is 18.0 Å². The van der Waals surface area contributed by atoms with Gasteiger partial charge in [-0.25, -0.2) is 0 Å². The second-order valence-corrected chi connectivity index (χ2v) is 12.9. The Kier molecular flexibility index (Phi) is 34.5. The molecule has 258 valence electrons. The van der Waals surface area contributed by atoms with Crippen LogP contribution in [-0.2, 0) is 9.59 Å². The lowest BCUT2D eigenvalue weighted by atomic mass is 10.1. The molecule has 0 aliphatic carbocycles. The van der Waals surface area contributed by atoms with Crippen molar-refractivity contribution < 1.29 is 9.59 Å². The highest BCUT2D eigenvalue weighted by molar-refractivity contribution is 5.79. The van der Waals surface area contributed by atoms with E-state index in [9.17, 15) is 9.59 Å². The number of allylic oxidation sites excluding steroid dienone is 4. The maximum absolute atomic E-state index is 12.4. The molecule has 0 unspecified atom stereocenters. The van der Waals surface area contributed by atoms with E-state index in [1.54, 1.807) is 0 Å². The topological polar surface area (TPSA) is 84.2 Å². The van der Waals surface area contributed by atoms with Crippen molar-refractivity contribution in [3.8, 4) is 0 Å². The SMILES string of the molecule is CCCCCCCC/C=C\CCCCCCCC(=O)NC(CCN)NC(=O)CCCCCCC/C=C\CCCCCCCC. The second-order valence-electron chi connectivity index (χ2n) is 12.9. The van der Waals surface area contributed by atoms with Crippen LogP contribution in [0.1, 0.15) is 200 Å². The maximum Gasteiger partial charge on any atom is 0.221 e. The molecule has 0 aliphatic heterocycles. The number of nitrogens with two attached hydrogens (primary N) is 1. The van der Waals surface area contributed by atoms with Gasteiger partial charge in [-0.05, 0) is 77.2 Å². The first-order valence-corrected chi connectivity index (χ1v) is 19.2. The number of nitrogens with one attached hydrogen (secondary N) is 2. The van der Waals surface area contributed by atoms with Crippen LogP contribution >= 0.6 is 0 Å². The third kappa shape index (κ3) is 33.3. The lowest BCUT2D eigenvalue weighted by molar-refractivity contribution is -0.124. The van der Waals surface area contributed by atoms with Crippen LogP contribution in [0, 0.1) is 0 Å². The summed E-state index contributed by atoms with van der Waals surface area (Å²) in [5.74, 6) is 0.0322. The van der Waals surface area contributed by atoms with Gasteiger partial charge in [-0.15, -0.1) is 0 Å². The molecule has 0 heterocycles. The van der Waals surface area contributed by atoms with Crippen LogP contribution < -0.4 is 16.4 Å². The molecule has 0 aliphatic rings. The molecule has 0 aromatic heterocycles. The van der Waals surface area contributed by atoms with E-state index >= 15 is 0 Å². The molecule has 5 heteroatoms. The fraction of sp³-hybridized carbons (Fsp3) is 0.846. The monoisotopic (exact) mass is 618 g/mol. The number of amides is 2. The van der Waals surface area contributed by atoms with Crippen molar-refractivity contribution >= 4 is 11.8 Å². The summed E-state index contributed by atoms with van der Waals surface area (Å²) >= 11 is 0. The molecule has 2 amide bonds. The van der Waals surface area contributed by atoms with Crippen LogP contribution in [0.25, 0.3) is 0 Å². The molecule has 0 rings (SSSR count). The number of rotatable bonds is 34. The van der Waals surface area contributed by atoms with Crippen molar-refractivity contribution in [3.05, 3.63) is 24.3 Å². The Morgan fingerprint density at radius 3 is 1.09 bits per heavy atom. The number of hydrogen-bond donors (Lipinski definition) is 3. The van der Waals surface area contributed by atoms with Gasteiger partial charge < -0.3 is 16.4 Å². The average Bonchev–Trinajstić information content (AvgIpc) is 3.01. The van der Waals surface area contributed by atoms with Crippen LogP contribution in [0.4, 0.5) is 0 Å². The van der Waals surface area contributed by atoms with Gasteiger partial charge in [-0.2, -0.15) is 0 Å². The lowest BCUT2D eigenvalue weighted by Gasteiger charge is -2.20. The lowest BCUT2D eigenvalue weighted by Crippen LogP contribution is -2.48. The van der Waals surface area contributed by atoms with Gasteiger partial charge in [0.2, 0.25) is 11.8 Å². The normalized spacial score (nSPS) is 11.7. The van der Waals surface area contributed by atoms with Gasteiger partial charge in [0.15, 0.2) is 0 Å². The van der Waals surface area contributed by atoms with Gasteiger partial charge in [0, 0.05) is 12.8 Å². The fourth-order valence-electron chi connectivity index (χ4n) is 5.59. The van der Waals surface area contributed by atoms with Gasteiger partial charge in [0.25, 0.3) is 0 Å². The number of carbonyl (C=O) groups excluding carboxylic acids is 2. The minimum atomic E-state index is -0.355. The van der Waals surface area contributed by atoms with Crippen molar-refractivity contribution in [1.29, 1.82) is 0 Å². The van der Waals surface area contributed by atoms with Crippen LogP contribution in [0.2, 0.25) is 0 Å². The summed E-state index contributed by atoms with van der Waals surface area (Å²) in [4.78, 5) is 24.9. The van der Waals surface area contributed by atoms with E-state index in [1.807, 2.05) is 0 Å². The molecule has 4 N–H and O–H groups in total. The van der Waals surface area contributed by atoms with E-state index in [0.29, 0.717) is 25.8 Å². The zero-order valence-corrected chi connectivity index (χ0v) is 29.5. The molecule has 0 saturated carbocycles. The minimum absolute atomic E-state index is 0.0161. The summed E-state index contributed by atoms with van der Waals surface area (Å²) in [5.41, 5.74) is 5.74. The Morgan fingerprint density at radius 2 is 0.773 bits per heavy atom. The Bertz CT molecular complexity index is 622. The molecule has 44 heavy (non-hydrogen) atoms. The Balaban J connectivity index is 3.70. The zero-order chi connectivity index (χ0) is 32.2. The molecule has 0 atom stereocenters. The molecule has 0 aromatic carbocycles. The molecular formula is C39H75N3O2. The van der Waals surface area contributed by atoms with Gasteiger partial charge in [0.1, 0.15) is 6.17 Å². The third-order valence-electron chi connectivity index (χ3n) is 8.46. The van der Waals surface area contributed by atoms with Crippen molar-refractivity contribution in [2.75, 3.05) is 6.54 Å². The highest BCUT2D eigenvalue weighted by Gasteiger charge is 2.14. The molecule has 0 saturated heterocycles. The Morgan fingerprint density at radius 1 is 0.477 bits per heavy atom. The van der Waals surface area contributed by atoms with E-state index in [1.165, 1.54) is 141 Å². The summed E-state index contributed by atoms with van der Waals surface area (Å²) in [5, 5.41) is 5.97. The highest BCUT2D eigenvalue weighted by Crippen LogP contribution is 2.12. The van der Waals surface area contributed by atoms with Crippen LogP contribution in [0.3, 0.4) is 0 Å². The minimum Gasteiger partial charge on any atom is -0.336 e. The summed E-state index contributed by atoms with van der Waals surface area (Å²) in [7, 11) is 0. The number of carbonyl (C=O) groups is 2. The fourth-order valence-corrected chi connectivity index (χ4v) is 5.59. The van der Waals surface area contributed by atoms with Crippen molar-refractivity contribution in [3.63, 3.8) is 0 Å². The summed E-state index contributed by atoms with van der Waals surface area (Å²) < 4.78 is 0. The first kappa shape index (κ1) is 42.4. The van der Waals surface area contributed by atoms with E-state index < -0.39 is 0 Å². The number of unbranched alkanes of at least 4 members (excludes halogenated alkanes) is 22. The predicted molar refractivity (Wildman–Crippen MR) is 193 cm³/mol. The maximum atomic E-state index is 12.4. The standard InChI is InChI=1S/C39H75N3O2/c1-3-5-7-9-11-13-15-17-19-21-23-25-27-29-31-33-38(43)41-37(35-36-40)42-39(44)34-32-30-28-26-24-22-20-18-16-14-12-10-8-6-4-2/h17-20,37H,3-16,21-36,40H2,1-2H3,(H,41,43)(H,42,44)/b19-17-,20-18-. The van der Waals surface area contributed by atoms with Crippen LogP contribution in [-0.4, -0.2) is 24.5 Å². The first-order valence-electron chi connectivity index (χ1n) is 19.2. The third-order valence-corrected chi connectivity index (χ3v) is 8.46. The van der Waals surface area contributed by atoms with Crippen molar-refractivity contribution in [1.82, 2.24) is 10.6 Å². The van der Waals surface area contributed by atoms with Gasteiger partial charge in [0.05, 0.1) is 0 Å². The molecule has 0 bridgehead atoms. The second kappa shape index (κ2) is 35.9. The smallest absolute Gasteiger partial charge is 0.221 e. The van der Waals surface area contributed by atoms with E-state index in [4.69, 9.17) is 5.73 Å². The largest absolute Gasteiger partial charge is 0.336 e. The van der Waals surface area contributed by atoms with Gasteiger partial charge >= 0.3 is 0 Å². The average molecular weight is 618 g/mol.